The van der Waals surface area contributed by atoms with E-state index in [-0.39, 0.29) is 0 Å². The van der Waals surface area contributed by atoms with E-state index in [0.717, 1.165) is 23.6 Å². The Hall–Kier alpha value is -1.80. The lowest BCUT2D eigenvalue weighted by Crippen LogP contribution is -2.05. The fourth-order valence-corrected chi connectivity index (χ4v) is 2.37. The highest BCUT2D eigenvalue weighted by atomic mass is 16.5. The van der Waals surface area contributed by atoms with Gasteiger partial charge in [0, 0.05) is 6.54 Å². The van der Waals surface area contributed by atoms with Gasteiger partial charge in [0.1, 0.15) is 11.5 Å². The Balaban J connectivity index is 2.31. The molecule has 0 bridgehead atoms. The van der Waals surface area contributed by atoms with Crippen LogP contribution < -0.4 is 10.1 Å². The number of aryl methyl sites for hydroxylation is 3. The summed E-state index contributed by atoms with van der Waals surface area (Å²) >= 11 is 0. The topological polar surface area (TPSA) is 21.3 Å². The molecular formula is C18H23NO. The van der Waals surface area contributed by atoms with Gasteiger partial charge in [0.25, 0.3) is 0 Å². The van der Waals surface area contributed by atoms with Gasteiger partial charge in [-0.3, -0.25) is 0 Å². The summed E-state index contributed by atoms with van der Waals surface area (Å²) in [6.07, 6.45) is 0. The highest BCUT2D eigenvalue weighted by Crippen LogP contribution is 2.30. The Labute approximate surface area is 121 Å². The first-order valence-electron chi connectivity index (χ1n) is 7.01. The molecule has 0 aromatic heterocycles. The zero-order valence-corrected chi connectivity index (χ0v) is 13.0. The van der Waals surface area contributed by atoms with Crippen molar-refractivity contribution in [3.63, 3.8) is 0 Å². The minimum Gasteiger partial charge on any atom is -0.457 e. The number of hydrogen-bond donors (Lipinski definition) is 1. The first kappa shape index (κ1) is 14.6. The number of ether oxygens (including phenoxy) is 1. The van der Waals surface area contributed by atoms with Crippen molar-refractivity contribution < 1.29 is 4.74 Å². The molecule has 0 spiro atoms. The summed E-state index contributed by atoms with van der Waals surface area (Å²) in [6, 6.07) is 10.6. The molecule has 1 N–H and O–H groups in total. The largest absolute Gasteiger partial charge is 0.457 e. The van der Waals surface area contributed by atoms with Gasteiger partial charge in [-0.2, -0.15) is 0 Å². The standard InChI is InChI=1S/C18H23NO/c1-12-8-13(2)15(4)18(9-12)20-17-7-6-16(11-19-5)10-14(17)3/h6-10,19H,11H2,1-5H3. The molecular weight excluding hydrogens is 246 g/mol. The second kappa shape index (κ2) is 6.10. The van der Waals surface area contributed by atoms with Gasteiger partial charge in [-0.25, -0.2) is 0 Å². The lowest BCUT2D eigenvalue weighted by atomic mass is 10.1. The first-order chi connectivity index (χ1) is 9.51. The van der Waals surface area contributed by atoms with E-state index in [1.54, 1.807) is 0 Å². The molecule has 0 saturated carbocycles. The molecule has 0 aliphatic rings. The molecule has 0 heterocycles. The first-order valence-corrected chi connectivity index (χ1v) is 7.01. The van der Waals surface area contributed by atoms with E-state index in [2.05, 4.69) is 63.3 Å². The Bertz CT molecular complexity index is 617. The average Bonchev–Trinajstić information content (AvgIpc) is 2.38. The van der Waals surface area contributed by atoms with E-state index in [9.17, 15) is 0 Å². The van der Waals surface area contributed by atoms with Crippen molar-refractivity contribution >= 4 is 0 Å². The summed E-state index contributed by atoms with van der Waals surface area (Å²) in [4.78, 5) is 0. The molecule has 0 aliphatic carbocycles. The van der Waals surface area contributed by atoms with Crippen molar-refractivity contribution in [3.05, 3.63) is 58.1 Å². The molecule has 0 aliphatic heterocycles. The minimum absolute atomic E-state index is 0.879. The molecule has 0 saturated heterocycles. The predicted octanol–water partition coefficient (Wildman–Crippen LogP) is 4.43. The van der Waals surface area contributed by atoms with Crippen molar-refractivity contribution in [1.82, 2.24) is 5.32 Å². The van der Waals surface area contributed by atoms with Gasteiger partial charge in [-0.05, 0) is 74.7 Å². The maximum absolute atomic E-state index is 6.11. The molecule has 0 atom stereocenters. The van der Waals surface area contributed by atoms with Crippen LogP contribution in [0, 0.1) is 27.7 Å². The molecule has 0 amide bonds. The van der Waals surface area contributed by atoms with Crippen LogP contribution in [0.4, 0.5) is 0 Å². The maximum atomic E-state index is 6.11. The van der Waals surface area contributed by atoms with Crippen LogP contribution in [0.1, 0.15) is 27.8 Å². The summed E-state index contributed by atoms with van der Waals surface area (Å²) in [6.45, 7) is 9.30. The van der Waals surface area contributed by atoms with Gasteiger partial charge in [0.05, 0.1) is 0 Å². The molecule has 106 valence electrons. The monoisotopic (exact) mass is 269 g/mol. The fraction of sp³-hybridized carbons (Fsp3) is 0.333. The molecule has 2 aromatic rings. The van der Waals surface area contributed by atoms with Crippen LogP contribution in [0.15, 0.2) is 30.3 Å². The van der Waals surface area contributed by atoms with E-state index in [0.29, 0.717) is 0 Å². The van der Waals surface area contributed by atoms with Gasteiger partial charge in [0.2, 0.25) is 0 Å². The van der Waals surface area contributed by atoms with Gasteiger partial charge in [-0.15, -0.1) is 0 Å². The highest BCUT2D eigenvalue weighted by molar-refractivity contribution is 5.46. The second-order valence-electron chi connectivity index (χ2n) is 5.44. The quantitative estimate of drug-likeness (QED) is 0.886. The van der Waals surface area contributed by atoms with Crippen LogP contribution in [-0.4, -0.2) is 7.05 Å². The molecule has 0 radical (unpaired) electrons. The lowest BCUT2D eigenvalue weighted by molar-refractivity contribution is 0.474. The SMILES string of the molecule is CNCc1ccc(Oc2cc(C)cc(C)c2C)c(C)c1. The van der Waals surface area contributed by atoms with Crippen LogP contribution >= 0.6 is 0 Å². The highest BCUT2D eigenvalue weighted by Gasteiger charge is 2.07. The third-order valence-corrected chi connectivity index (χ3v) is 3.60. The van der Waals surface area contributed by atoms with Crippen molar-refractivity contribution in [1.29, 1.82) is 0 Å². The summed E-state index contributed by atoms with van der Waals surface area (Å²) < 4.78 is 6.11. The third-order valence-electron chi connectivity index (χ3n) is 3.60. The fourth-order valence-electron chi connectivity index (χ4n) is 2.37. The Morgan fingerprint density at radius 2 is 1.65 bits per heavy atom. The smallest absolute Gasteiger partial charge is 0.130 e. The zero-order chi connectivity index (χ0) is 14.7. The van der Waals surface area contributed by atoms with Gasteiger partial charge in [0.15, 0.2) is 0 Å². The number of hydrogen-bond acceptors (Lipinski definition) is 2. The van der Waals surface area contributed by atoms with Crippen LogP contribution in [0.3, 0.4) is 0 Å². The van der Waals surface area contributed by atoms with E-state index in [4.69, 9.17) is 4.74 Å². The van der Waals surface area contributed by atoms with Crippen LogP contribution in [0.25, 0.3) is 0 Å². The van der Waals surface area contributed by atoms with Crippen LogP contribution in [0.2, 0.25) is 0 Å². The number of nitrogens with one attached hydrogen (secondary N) is 1. The van der Waals surface area contributed by atoms with E-state index < -0.39 is 0 Å². The Morgan fingerprint density at radius 3 is 2.30 bits per heavy atom. The summed E-state index contributed by atoms with van der Waals surface area (Å²) in [7, 11) is 1.96. The van der Waals surface area contributed by atoms with Gasteiger partial charge >= 0.3 is 0 Å². The lowest BCUT2D eigenvalue weighted by Gasteiger charge is -2.14. The Kier molecular flexibility index (Phi) is 4.46. The molecule has 2 nitrogen and oxygen atoms in total. The van der Waals surface area contributed by atoms with E-state index >= 15 is 0 Å². The maximum Gasteiger partial charge on any atom is 0.130 e. The minimum atomic E-state index is 0.879. The summed E-state index contributed by atoms with van der Waals surface area (Å²) in [5.41, 5.74) is 6.14. The number of rotatable bonds is 4. The van der Waals surface area contributed by atoms with Gasteiger partial charge in [-0.1, -0.05) is 18.2 Å². The predicted molar refractivity (Wildman–Crippen MR) is 84.7 cm³/mol. The van der Waals surface area contributed by atoms with Crippen LogP contribution in [-0.2, 0) is 6.54 Å². The summed E-state index contributed by atoms with van der Waals surface area (Å²) in [5.74, 6) is 1.88. The average molecular weight is 269 g/mol. The molecule has 2 rings (SSSR count). The summed E-state index contributed by atoms with van der Waals surface area (Å²) in [5, 5.41) is 3.16. The number of benzene rings is 2. The van der Waals surface area contributed by atoms with Gasteiger partial charge < -0.3 is 10.1 Å². The molecule has 0 unspecified atom stereocenters. The van der Waals surface area contributed by atoms with Crippen molar-refractivity contribution in [2.75, 3.05) is 7.05 Å². The second-order valence-corrected chi connectivity index (χ2v) is 5.44. The van der Waals surface area contributed by atoms with Crippen LogP contribution in [0.5, 0.6) is 11.5 Å². The Morgan fingerprint density at radius 1 is 0.900 bits per heavy atom. The molecule has 0 fully saturated rings. The van der Waals surface area contributed by atoms with Crippen molar-refractivity contribution in [3.8, 4) is 11.5 Å². The normalized spacial score (nSPS) is 10.7. The molecule has 2 aromatic carbocycles. The van der Waals surface area contributed by atoms with E-state index in [1.807, 2.05) is 7.05 Å². The molecule has 2 heteroatoms. The molecule has 20 heavy (non-hydrogen) atoms. The zero-order valence-electron chi connectivity index (χ0n) is 13.0. The van der Waals surface area contributed by atoms with E-state index in [1.165, 1.54) is 22.3 Å². The van der Waals surface area contributed by atoms with Crippen molar-refractivity contribution in [2.24, 2.45) is 0 Å². The van der Waals surface area contributed by atoms with Crippen molar-refractivity contribution in [2.45, 2.75) is 34.2 Å². The third kappa shape index (κ3) is 3.20.